The summed E-state index contributed by atoms with van der Waals surface area (Å²) in [6, 6.07) is 10.7. The molecule has 0 bridgehead atoms. The minimum atomic E-state index is -0.711. The van der Waals surface area contributed by atoms with Crippen LogP contribution in [-0.2, 0) is 16.1 Å². The number of nitrogens with one attached hydrogen (secondary N) is 2. The molecule has 0 saturated heterocycles. The molecule has 5 nitrogen and oxygen atoms in total. The van der Waals surface area contributed by atoms with Crippen LogP contribution in [0.25, 0.3) is 0 Å². The van der Waals surface area contributed by atoms with E-state index in [0.29, 0.717) is 11.4 Å². The van der Waals surface area contributed by atoms with Gasteiger partial charge in [0.2, 0.25) is 0 Å². The zero-order valence-electron chi connectivity index (χ0n) is 12.3. The zero-order chi connectivity index (χ0) is 16.7. The Labute approximate surface area is 143 Å². The first-order valence-electron chi connectivity index (χ1n) is 7.08. The predicted molar refractivity (Wildman–Crippen MR) is 90.2 cm³/mol. The van der Waals surface area contributed by atoms with Crippen molar-refractivity contribution >= 4 is 34.8 Å². The van der Waals surface area contributed by atoms with E-state index >= 15 is 0 Å². The number of carbonyl (C=O) groups is 2. The monoisotopic (exact) mass is 352 g/mol. The van der Waals surface area contributed by atoms with E-state index in [4.69, 9.17) is 11.6 Å². The fourth-order valence-electron chi connectivity index (χ4n) is 1.89. The first kappa shape index (κ1) is 17.5. The van der Waals surface area contributed by atoms with Crippen molar-refractivity contribution in [2.24, 2.45) is 0 Å². The number of benzene rings is 1. The predicted octanol–water partition coefficient (Wildman–Crippen LogP) is 2.26. The topological polar surface area (TPSA) is 78.4 Å². The lowest BCUT2D eigenvalue weighted by Gasteiger charge is -2.10. The molecule has 23 heavy (non-hydrogen) atoms. The van der Waals surface area contributed by atoms with Crippen molar-refractivity contribution < 1.29 is 14.7 Å². The summed E-state index contributed by atoms with van der Waals surface area (Å²) in [6.07, 6.45) is -0.274. The lowest BCUT2D eigenvalue weighted by Crippen LogP contribution is -2.40. The minimum Gasteiger partial charge on any atom is -0.388 e. The lowest BCUT2D eigenvalue weighted by molar-refractivity contribution is -0.139. The van der Waals surface area contributed by atoms with E-state index in [0.717, 1.165) is 10.4 Å². The van der Waals surface area contributed by atoms with Gasteiger partial charge >= 0.3 is 11.8 Å². The molecule has 0 fully saturated rings. The van der Waals surface area contributed by atoms with Crippen LogP contribution >= 0.6 is 22.9 Å². The Bertz CT molecular complexity index is 644. The van der Waals surface area contributed by atoms with Crippen LogP contribution < -0.4 is 10.6 Å². The molecule has 1 unspecified atom stereocenters. The van der Waals surface area contributed by atoms with E-state index in [1.54, 1.807) is 24.3 Å². The summed E-state index contributed by atoms with van der Waals surface area (Å²) >= 11 is 7.22. The molecule has 1 aromatic carbocycles. The Balaban J connectivity index is 1.68. The first-order chi connectivity index (χ1) is 11.1. The van der Waals surface area contributed by atoms with Crippen molar-refractivity contribution in [3.63, 3.8) is 0 Å². The van der Waals surface area contributed by atoms with Crippen molar-refractivity contribution in [1.29, 1.82) is 0 Å². The summed E-state index contributed by atoms with van der Waals surface area (Å²) in [7, 11) is 0. The summed E-state index contributed by atoms with van der Waals surface area (Å²) in [5.74, 6) is -1.41. The summed E-state index contributed by atoms with van der Waals surface area (Å²) in [5.41, 5.74) is 0.851. The van der Waals surface area contributed by atoms with E-state index in [9.17, 15) is 14.7 Å². The second-order valence-electron chi connectivity index (χ2n) is 4.88. The van der Waals surface area contributed by atoms with Gasteiger partial charge in [0, 0.05) is 23.0 Å². The molecule has 0 spiro atoms. The Morgan fingerprint density at radius 3 is 2.48 bits per heavy atom. The Morgan fingerprint density at radius 2 is 1.83 bits per heavy atom. The van der Waals surface area contributed by atoms with E-state index in [2.05, 4.69) is 10.6 Å². The molecule has 122 valence electrons. The summed E-state index contributed by atoms with van der Waals surface area (Å²) < 4.78 is 0. The molecule has 1 aromatic heterocycles. The summed E-state index contributed by atoms with van der Waals surface area (Å²) in [4.78, 5) is 24.2. The van der Waals surface area contributed by atoms with Gasteiger partial charge in [-0.25, -0.2) is 0 Å². The van der Waals surface area contributed by atoms with Gasteiger partial charge in [-0.15, -0.1) is 11.3 Å². The quantitative estimate of drug-likeness (QED) is 0.698. The third-order valence-corrected chi connectivity index (χ3v) is 4.37. The summed E-state index contributed by atoms with van der Waals surface area (Å²) in [6.45, 7) is 0.480. The number of rotatable bonds is 6. The van der Waals surface area contributed by atoms with Crippen LogP contribution in [0, 0.1) is 0 Å². The number of hydrogen-bond acceptors (Lipinski definition) is 4. The van der Waals surface area contributed by atoms with Gasteiger partial charge in [0.25, 0.3) is 0 Å². The van der Waals surface area contributed by atoms with E-state index in [-0.39, 0.29) is 13.1 Å². The number of carbonyl (C=O) groups excluding carboxylic acids is 2. The van der Waals surface area contributed by atoms with Gasteiger partial charge in [0.15, 0.2) is 0 Å². The summed E-state index contributed by atoms with van der Waals surface area (Å²) in [5, 5.41) is 17.4. The van der Waals surface area contributed by atoms with Crippen molar-refractivity contribution in [2.75, 3.05) is 6.54 Å². The van der Waals surface area contributed by atoms with Crippen LogP contribution in [0.1, 0.15) is 23.0 Å². The second kappa shape index (κ2) is 8.67. The van der Waals surface area contributed by atoms with Crippen LogP contribution in [0.3, 0.4) is 0 Å². The van der Waals surface area contributed by atoms with Crippen molar-refractivity contribution in [3.05, 3.63) is 57.2 Å². The van der Waals surface area contributed by atoms with E-state index in [1.807, 2.05) is 17.5 Å². The maximum atomic E-state index is 11.7. The molecular formula is C16H17ClN2O3S. The molecule has 2 aromatic rings. The maximum absolute atomic E-state index is 11.7. The van der Waals surface area contributed by atoms with Gasteiger partial charge in [0.05, 0.1) is 6.10 Å². The standard InChI is InChI=1S/C16H17ClN2O3S/c17-12-5-3-11(4-6-12)10-19-16(22)15(21)18-8-7-13(20)14-2-1-9-23-14/h1-6,9,13,20H,7-8,10H2,(H,18,21)(H,19,22). The highest BCUT2D eigenvalue weighted by molar-refractivity contribution is 7.10. The highest BCUT2D eigenvalue weighted by atomic mass is 35.5. The molecule has 0 aliphatic heterocycles. The molecule has 0 aliphatic rings. The Hall–Kier alpha value is -1.89. The lowest BCUT2D eigenvalue weighted by atomic mass is 10.2. The Morgan fingerprint density at radius 1 is 1.13 bits per heavy atom. The van der Waals surface area contributed by atoms with Crippen molar-refractivity contribution in [2.45, 2.75) is 19.1 Å². The van der Waals surface area contributed by atoms with Crippen LogP contribution in [0.5, 0.6) is 0 Å². The van der Waals surface area contributed by atoms with Gasteiger partial charge in [-0.05, 0) is 35.6 Å². The van der Waals surface area contributed by atoms with Crippen LogP contribution in [0.2, 0.25) is 5.02 Å². The third kappa shape index (κ3) is 5.67. The molecule has 2 rings (SSSR count). The normalized spacial score (nSPS) is 11.7. The average Bonchev–Trinajstić information content (AvgIpc) is 3.08. The zero-order valence-corrected chi connectivity index (χ0v) is 13.9. The highest BCUT2D eigenvalue weighted by Gasteiger charge is 2.14. The van der Waals surface area contributed by atoms with Gasteiger partial charge in [-0.3, -0.25) is 9.59 Å². The Kier molecular flexibility index (Phi) is 6.58. The van der Waals surface area contributed by atoms with E-state index in [1.165, 1.54) is 11.3 Å². The fraction of sp³-hybridized carbons (Fsp3) is 0.250. The number of hydrogen-bond donors (Lipinski definition) is 3. The fourth-order valence-corrected chi connectivity index (χ4v) is 2.76. The number of aliphatic hydroxyl groups is 1. The molecule has 3 N–H and O–H groups in total. The number of aliphatic hydroxyl groups excluding tert-OH is 1. The van der Waals surface area contributed by atoms with Crippen LogP contribution in [0.4, 0.5) is 0 Å². The average molecular weight is 353 g/mol. The maximum Gasteiger partial charge on any atom is 0.309 e. The number of amides is 2. The molecule has 2 amide bonds. The number of halogens is 1. The molecular weight excluding hydrogens is 336 g/mol. The van der Waals surface area contributed by atoms with Crippen LogP contribution in [0.15, 0.2) is 41.8 Å². The smallest absolute Gasteiger partial charge is 0.309 e. The number of thiophene rings is 1. The minimum absolute atomic E-state index is 0.228. The van der Waals surface area contributed by atoms with Gasteiger partial charge < -0.3 is 15.7 Å². The molecule has 1 heterocycles. The largest absolute Gasteiger partial charge is 0.388 e. The second-order valence-corrected chi connectivity index (χ2v) is 6.30. The molecule has 0 saturated carbocycles. The van der Waals surface area contributed by atoms with Crippen molar-refractivity contribution in [1.82, 2.24) is 10.6 Å². The van der Waals surface area contributed by atoms with Crippen LogP contribution in [-0.4, -0.2) is 23.5 Å². The SMILES string of the molecule is O=C(NCCC(O)c1cccs1)C(=O)NCc1ccc(Cl)cc1. The van der Waals surface area contributed by atoms with E-state index < -0.39 is 17.9 Å². The third-order valence-electron chi connectivity index (χ3n) is 3.15. The molecule has 0 aliphatic carbocycles. The van der Waals surface area contributed by atoms with Gasteiger partial charge in [0.1, 0.15) is 0 Å². The first-order valence-corrected chi connectivity index (χ1v) is 8.34. The molecule has 0 radical (unpaired) electrons. The highest BCUT2D eigenvalue weighted by Crippen LogP contribution is 2.20. The van der Waals surface area contributed by atoms with Crippen molar-refractivity contribution in [3.8, 4) is 0 Å². The van der Waals surface area contributed by atoms with Gasteiger partial charge in [-0.1, -0.05) is 29.8 Å². The van der Waals surface area contributed by atoms with Gasteiger partial charge in [-0.2, -0.15) is 0 Å². The molecule has 1 atom stereocenters. The molecule has 7 heteroatoms.